The first-order chi connectivity index (χ1) is 8.70. The van der Waals surface area contributed by atoms with Crippen molar-refractivity contribution in [1.29, 1.82) is 0 Å². The first-order valence-corrected chi connectivity index (χ1v) is 6.07. The monoisotopic (exact) mass is 267 g/mol. The van der Waals surface area contributed by atoms with Crippen LogP contribution in [0.25, 0.3) is 5.69 Å². The van der Waals surface area contributed by atoms with E-state index < -0.39 is 6.10 Å². The lowest BCUT2D eigenvalue weighted by atomic mass is 10.2. The molecule has 0 aliphatic rings. The number of benzene rings is 1. The molecule has 2 aromatic rings. The normalized spacial score (nSPS) is 12.4. The second kappa shape index (κ2) is 5.79. The van der Waals surface area contributed by atoms with Gasteiger partial charge in [0.05, 0.1) is 17.7 Å². The van der Waals surface area contributed by atoms with Crippen LogP contribution >= 0.6 is 11.6 Å². The van der Waals surface area contributed by atoms with Gasteiger partial charge in [0.1, 0.15) is 0 Å². The molecule has 0 fully saturated rings. The molecule has 96 valence electrons. The van der Waals surface area contributed by atoms with E-state index in [2.05, 4.69) is 20.8 Å². The number of nitrogens with one attached hydrogen (secondary N) is 1. The van der Waals surface area contributed by atoms with E-state index in [1.165, 1.54) is 0 Å². The third kappa shape index (κ3) is 2.96. The number of rotatable bonds is 5. The molecule has 6 nitrogen and oxygen atoms in total. The molecule has 0 aliphatic carbocycles. The van der Waals surface area contributed by atoms with E-state index in [4.69, 9.17) is 11.6 Å². The van der Waals surface area contributed by atoms with Gasteiger partial charge in [0.2, 0.25) is 0 Å². The molecule has 0 saturated heterocycles. The highest BCUT2D eigenvalue weighted by Crippen LogP contribution is 2.14. The SMILES string of the molecule is Cc1nnnn1-c1cccc(NCC(O)CCl)c1. The second-order valence-electron chi connectivity index (χ2n) is 3.88. The molecule has 0 spiro atoms. The predicted octanol–water partition coefficient (Wildman–Crippen LogP) is 0.982. The molecule has 1 unspecified atom stereocenters. The smallest absolute Gasteiger partial charge is 0.153 e. The van der Waals surface area contributed by atoms with Crippen LogP contribution in [0.15, 0.2) is 24.3 Å². The van der Waals surface area contributed by atoms with Gasteiger partial charge in [0.15, 0.2) is 5.82 Å². The Bertz CT molecular complexity index is 516. The summed E-state index contributed by atoms with van der Waals surface area (Å²) < 4.78 is 1.64. The Labute approximate surface area is 110 Å². The number of hydrogen-bond acceptors (Lipinski definition) is 5. The van der Waals surface area contributed by atoms with Crippen molar-refractivity contribution in [3.8, 4) is 5.69 Å². The van der Waals surface area contributed by atoms with Gasteiger partial charge in [-0.1, -0.05) is 6.07 Å². The van der Waals surface area contributed by atoms with Crippen LogP contribution < -0.4 is 5.32 Å². The number of alkyl halides is 1. The van der Waals surface area contributed by atoms with Gasteiger partial charge in [-0.2, -0.15) is 4.68 Å². The van der Waals surface area contributed by atoms with Crippen molar-refractivity contribution in [3.63, 3.8) is 0 Å². The maximum atomic E-state index is 9.38. The van der Waals surface area contributed by atoms with Crippen molar-refractivity contribution in [2.24, 2.45) is 0 Å². The number of aromatic nitrogens is 4. The van der Waals surface area contributed by atoms with Gasteiger partial charge in [-0.3, -0.25) is 0 Å². The summed E-state index contributed by atoms with van der Waals surface area (Å²) >= 11 is 5.53. The van der Waals surface area contributed by atoms with Crippen LogP contribution in [-0.2, 0) is 0 Å². The number of tetrazole rings is 1. The maximum Gasteiger partial charge on any atom is 0.153 e. The number of anilines is 1. The maximum absolute atomic E-state index is 9.38. The van der Waals surface area contributed by atoms with Gasteiger partial charge >= 0.3 is 0 Å². The highest BCUT2D eigenvalue weighted by molar-refractivity contribution is 6.18. The molecule has 1 atom stereocenters. The van der Waals surface area contributed by atoms with Gasteiger partial charge in [-0.05, 0) is 35.5 Å². The van der Waals surface area contributed by atoms with E-state index in [0.717, 1.165) is 11.4 Å². The lowest BCUT2D eigenvalue weighted by Gasteiger charge is -2.11. The quantitative estimate of drug-likeness (QED) is 0.790. The number of aliphatic hydroxyl groups excluding tert-OH is 1. The fourth-order valence-electron chi connectivity index (χ4n) is 1.51. The first-order valence-electron chi connectivity index (χ1n) is 5.54. The van der Waals surface area contributed by atoms with E-state index >= 15 is 0 Å². The molecule has 1 aromatic heterocycles. The Balaban J connectivity index is 2.13. The molecular weight excluding hydrogens is 254 g/mol. The summed E-state index contributed by atoms with van der Waals surface area (Å²) in [6, 6.07) is 7.62. The third-order valence-electron chi connectivity index (χ3n) is 2.44. The van der Waals surface area contributed by atoms with Gasteiger partial charge in [-0.15, -0.1) is 16.7 Å². The van der Waals surface area contributed by atoms with Crippen LogP contribution in [0, 0.1) is 6.92 Å². The van der Waals surface area contributed by atoms with Crippen molar-refractivity contribution < 1.29 is 5.11 Å². The zero-order chi connectivity index (χ0) is 13.0. The molecule has 0 aliphatic heterocycles. The molecule has 0 saturated carbocycles. The molecule has 0 radical (unpaired) electrons. The lowest BCUT2D eigenvalue weighted by molar-refractivity contribution is 0.211. The molecule has 2 N–H and O–H groups in total. The summed E-state index contributed by atoms with van der Waals surface area (Å²) in [6.45, 7) is 2.24. The van der Waals surface area contributed by atoms with Crippen molar-refractivity contribution >= 4 is 17.3 Å². The number of halogens is 1. The number of hydrogen-bond donors (Lipinski definition) is 2. The average Bonchev–Trinajstić information content (AvgIpc) is 2.82. The Morgan fingerprint density at radius 3 is 3.00 bits per heavy atom. The van der Waals surface area contributed by atoms with Crippen molar-refractivity contribution in [3.05, 3.63) is 30.1 Å². The Hall–Kier alpha value is -1.66. The predicted molar refractivity (Wildman–Crippen MR) is 69.1 cm³/mol. The molecule has 0 bridgehead atoms. The van der Waals surface area contributed by atoms with Crippen LogP contribution in [0.5, 0.6) is 0 Å². The van der Waals surface area contributed by atoms with Gasteiger partial charge < -0.3 is 10.4 Å². The summed E-state index contributed by atoms with van der Waals surface area (Å²) in [6.07, 6.45) is -0.565. The first kappa shape index (κ1) is 12.8. The summed E-state index contributed by atoms with van der Waals surface area (Å²) in [5, 5.41) is 23.8. The van der Waals surface area contributed by atoms with Crippen LogP contribution in [-0.4, -0.2) is 43.8 Å². The Kier molecular flexibility index (Phi) is 4.11. The van der Waals surface area contributed by atoms with E-state index in [-0.39, 0.29) is 5.88 Å². The van der Waals surface area contributed by atoms with Crippen molar-refractivity contribution in [1.82, 2.24) is 20.2 Å². The molecule has 2 rings (SSSR count). The summed E-state index contributed by atoms with van der Waals surface area (Å²) in [7, 11) is 0. The second-order valence-corrected chi connectivity index (χ2v) is 4.19. The van der Waals surface area contributed by atoms with Crippen LogP contribution in [0.2, 0.25) is 0 Å². The van der Waals surface area contributed by atoms with E-state index in [1.54, 1.807) is 4.68 Å². The summed E-state index contributed by atoms with van der Waals surface area (Å²) in [5.74, 6) is 0.923. The van der Waals surface area contributed by atoms with Crippen LogP contribution in [0.4, 0.5) is 5.69 Å². The topological polar surface area (TPSA) is 75.9 Å². The summed E-state index contributed by atoms with van der Waals surface area (Å²) in [4.78, 5) is 0. The van der Waals surface area contributed by atoms with Crippen LogP contribution in [0.1, 0.15) is 5.82 Å². The largest absolute Gasteiger partial charge is 0.390 e. The van der Waals surface area contributed by atoms with Crippen LogP contribution in [0.3, 0.4) is 0 Å². The number of aliphatic hydroxyl groups is 1. The third-order valence-corrected chi connectivity index (χ3v) is 2.79. The fraction of sp³-hybridized carbons (Fsp3) is 0.364. The standard InChI is InChI=1S/C11H14ClN5O/c1-8-14-15-16-17(8)10-4-2-3-9(5-10)13-7-11(18)6-12/h2-5,11,13,18H,6-7H2,1H3. The van der Waals surface area contributed by atoms with E-state index in [0.29, 0.717) is 12.4 Å². The lowest BCUT2D eigenvalue weighted by Crippen LogP contribution is -2.20. The average molecular weight is 268 g/mol. The minimum Gasteiger partial charge on any atom is -0.390 e. The zero-order valence-electron chi connectivity index (χ0n) is 9.91. The number of aryl methyl sites for hydroxylation is 1. The Morgan fingerprint density at radius 1 is 1.50 bits per heavy atom. The van der Waals surface area contributed by atoms with Gasteiger partial charge in [-0.25, -0.2) is 0 Å². The highest BCUT2D eigenvalue weighted by Gasteiger charge is 2.05. The van der Waals surface area contributed by atoms with Crippen molar-refractivity contribution in [2.45, 2.75) is 13.0 Å². The zero-order valence-corrected chi connectivity index (χ0v) is 10.7. The molecule has 1 heterocycles. The molecule has 1 aromatic carbocycles. The minimum atomic E-state index is -0.565. The van der Waals surface area contributed by atoms with Gasteiger partial charge in [0, 0.05) is 12.2 Å². The molecule has 18 heavy (non-hydrogen) atoms. The van der Waals surface area contributed by atoms with E-state index in [1.807, 2.05) is 31.2 Å². The van der Waals surface area contributed by atoms with Gasteiger partial charge in [0.25, 0.3) is 0 Å². The molecule has 0 amide bonds. The Morgan fingerprint density at radius 2 is 2.33 bits per heavy atom. The summed E-state index contributed by atoms with van der Waals surface area (Å²) in [5.41, 5.74) is 1.74. The number of nitrogens with zero attached hydrogens (tertiary/aromatic N) is 4. The minimum absolute atomic E-state index is 0.207. The van der Waals surface area contributed by atoms with E-state index in [9.17, 15) is 5.11 Å². The van der Waals surface area contributed by atoms with Crippen molar-refractivity contribution in [2.75, 3.05) is 17.7 Å². The molecule has 7 heteroatoms. The molecular formula is C11H14ClN5O. The fourth-order valence-corrected chi connectivity index (χ4v) is 1.62. The highest BCUT2D eigenvalue weighted by atomic mass is 35.5.